The van der Waals surface area contributed by atoms with Gasteiger partial charge in [0.1, 0.15) is 0 Å². The highest BCUT2D eigenvalue weighted by atomic mass is 16.5. The van der Waals surface area contributed by atoms with Crippen LogP contribution in [-0.2, 0) is 31.1 Å². The molecule has 2 aliphatic rings. The zero-order chi connectivity index (χ0) is 16.4. The van der Waals surface area contributed by atoms with Crippen molar-refractivity contribution in [3.05, 3.63) is 35.4 Å². The van der Waals surface area contributed by atoms with E-state index in [0.717, 1.165) is 18.5 Å². The average molecular weight is 315 g/mol. The van der Waals surface area contributed by atoms with Gasteiger partial charge in [-0.05, 0) is 24.0 Å². The first-order valence-electron chi connectivity index (χ1n) is 8.03. The Morgan fingerprint density at radius 3 is 2.74 bits per heavy atom. The molecule has 1 saturated carbocycles. The van der Waals surface area contributed by atoms with Gasteiger partial charge in [0, 0.05) is 25.9 Å². The number of hydrogen-bond donors (Lipinski definition) is 0. The number of ether oxygens (including phenoxy) is 1. The molecule has 0 N–H and O–H groups in total. The van der Waals surface area contributed by atoms with Gasteiger partial charge in [0.15, 0.2) is 5.78 Å². The molecule has 0 radical (unpaired) electrons. The Balaban J connectivity index is 1.95. The number of carbonyl (C=O) groups is 3. The number of fused-ring (bicyclic) bond motifs is 2. The summed E-state index contributed by atoms with van der Waals surface area (Å²) in [5.41, 5.74) is 1.93. The summed E-state index contributed by atoms with van der Waals surface area (Å²) in [5.74, 6) is -0.820. The van der Waals surface area contributed by atoms with Crippen molar-refractivity contribution >= 4 is 17.5 Å². The molecule has 0 saturated heterocycles. The predicted octanol–water partition coefficient (Wildman–Crippen LogP) is 1.63. The molecule has 23 heavy (non-hydrogen) atoms. The number of benzene rings is 1. The van der Waals surface area contributed by atoms with Crippen molar-refractivity contribution in [2.75, 3.05) is 20.2 Å². The molecule has 122 valence electrons. The highest BCUT2D eigenvalue weighted by Crippen LogP contribution is 2.44. The summed E-state index contributed by atoms with van der Waals surface area (Å²) in [4.78, 5) is 37.6. The SMILES string of the molecule is COC(=O)CCN1CCc2ccccc2C12CCC(=O)C(=O)C2. The van der Waals surface area contributed by atoms with Gasteiger partial charge < -0.3 is 4.74 Å². The molecular formula is C18H21NO4. The monoisotopic (exact) mass is 315 g/mol. The lowest BCUT2D eigenvalue weighted by Gasteiger charge is -2.49. The summed E-state index contributed by atoms with van der Waals surface area (Å²) in [6.45, 7) is 1.33. The third kappa shape index (κ3) is 2.81. The van der Waals surface area contributed by atoms with Crippen LogP contribution in [0.2, 0.25) is 0 Å². The molecule has 1 aromatic rings. The lowest BCUT2D eigenvalue weighted by Crippen LogP contribution is -2.55. The second kappa shape index (κ2) is 6.24. The number of hydrogen-bond acceptors (Lipinski definition) is 5. The Bertz CT molecular complexity index is 654. The standard InChI is InChI=1S/C18H21NO4/c1-23-17(22)8-11-19-10-7-13-4-2-3-5-14(13)18(19)9-6-15(20)16(21)12-18/h2-5H,6-12H2,1H3. The van der Waals surface area contributed by atoms with Gasteiger partial charge in [-0.25, -0.2) is 0 Å². The zero-order valence-corrected chi connectivity index (χ0v) is 13.3. The summed E-state index contributed by atoms with van der Waals surface area (Å²) < 4.78 is 4.74. The minimum Gasteiger partial charge on any atom is -0.469 e. The van der Waals surface area contributed by atoms with E-state index in [1.807, 2.05) is 12.1 Å². The maximum absolute atomic E-state index is 12.1. The molecule has 0 bridgehead atoms. The van der Waals surface area contributed by atoms with Gasteiger partial charge in [-0.3, -0.25) is 19.3 Å². The van der Waals surface area contributed by atoms with Gasteiger partial charge >= 0.3 is 5.97 Å². The minimum atomic E-state index is -0.451. The summed E-state index contributed by atoms with van der Waals surface area (Å²) in [5, 5.41) is 0. The van der Waals surface area contributed by atoms with Crippen molar-refractivity contribution in [1.29, 1.82) is 0 Å². The number of esters is 1. The first kappa shape index (κ1) is 15.9. The van der Waals surface area contributed by atoms with Crippen LogP contribution in [0.15, 0.2) is 24.3 Å². The largest absolute Gasteiger partial charge is 0.469 e. The fourth-order valence-corrected chi connectivity index (χ4v) is 3.90. The van der Waals surface area contributed by atoms with E-state index < -0.39 is 5.54 Å². The van der Waals surface area contributed by atoms with Gasteiger partial charge in [-0.1, -0.05) is 24.3 Å². The third-order valence-corrected chi connectivity index (χ3v) is 5.12. The van der Waals surface area contributed by atoms with Gasteiger partial charge in [-0.2, -0.15) is 0 Å². The molecule has 0 amide bonds. The van der Waals surface area contributed by atoms with Crippen LogP contribution in [0.25, 0.3) is 0 Å². The highest BCUT2D eigenvalue weighted by Gasteiger charge is 2.47. The Kier molecular flexibility index (Phi) is 4.31. The summed E-state index contributed by atoms with van der Waals surface area (Å²) in [6, 6.07) is 8.14. The number of Topliss-reactive ketones (excluding diaryl/α,β-unsaturated/α-hetero) is 2. The number of ketones is 2. The molecule has 1 aliphatic carbocycles. The predicted molar refractivity (Wildman–Crippen MR) is 83.9 cm³/mol. The molecule has 1 atom stereocenters. The van der Waals surface area contributed by atoms with Crippen LogP contribution in [0, 0.1) is 0 Å². The molecule has 1 spiro atoms. The molecule has 1 fully saturated rings. The zero-order valence-electron chi connectivity index (χ0n) is 13.3. The Hall–Kier alpha value is -2.01. The van der Waals surface area contributed by atoms with Crippen LogP contribution in [0.3, 0.4) is 0 Å². The number of rotatable bonds is 3. The van der Waals surface area contributed by atoms with E-state index in [-0.39, 0.29) is 30.4 Å². The Labute approximate surface area is 135 Å². The molecule has 1 unspecified atom stereocenters. The fourth-order valence-electron chi connectivity index (χ4n) is 3.90. The Morgan fingerprint density at radius 2 is 2.00 bits per heavy atom. The second-order valence-corrected chi connectivity index (χ2v) is 6.28. The van der Waals surface area contributed by atoms with Gasteiger partial charge in [-0.15, -0.1) is 0 Å². The quantitative estimate of drug-likeness (QED) is 0.626. The molecular weight excluding hydrogens is 294 g/mol. The summed E-state index contributed by atoms with van der Waals surface area (Å²) in [7, 11) is 1.38. The van der Waals surface area contributed by atoms with Crippen molar-refractivity contribution < 1.29 is 19.1 Å². The molecule has 1 aromatic carbocycles. The molecule has 0 aromatic heterocycles. The van der Waals surface area contributed by atoms with E-state index in [1.54, 1.807) is 0 Å². The van der Waals surface area contributed by atoms with Crippen LogP contribution in [0.5, 0.6) is 0 Å². The molecule has 1 aliphatic heterocycles. The Morgan fingerprint density at radius 1 is 1.22 bits per heavy atom. The first-order chi connectivity index (χ1) is 11.1. The second-order valence-electron chi connectivity index (χ2n) is 6.28. The molecule has 5 nitrogen and oxygen atoms in total. The van der Waals surface area contributed by atoms with Crippen molar-refractivity contribution in [3.63, 3.8) is 0 Å². The average Bonchev–Trinajstić information content (AvgIpc) is 2.57. The van der Waals surface area contributed by atoms with Gasteiger partial charge in [0.05, 0.1) is 19.1 Å². The molecule has 3 rings (SSSR count). The van der Waals surface area contributed by atoms with Crippen LogP contribution >= 0.6 is 0 Å². The van der Waals surface area contributed by atoms with Crippen LogP contribution in [0.1, 0.15) is 36.8 Å². The van der Waals surface area contributed by atoms with E-state index in [4.69, 9.17) is 4.74 Å². The van der Waals surface area contributed by atoms with Crippen molar-refractivity contribution in [2.45, 2.75) is 37.6 Å². The maximum atomic E-state index is 12.1. The highest BCUT2D eigenvalue weighted by molar-refractivity contribution is 6.38. The summed E-state index contributed by atoms with van der Waals surface area (Å²) >= 11 is 0. The number of carbonyl (C=O) groups excluding carboxylic acids is 3. The van der Waals surface area contributed by atoms with Crippen molar-refractivity contribution in [1.82, 2.24) is 4.90 Å². The van der Waals surface area contributed by atoms with Gasteiger partial charge in [0.2, 0.25) is 5.78 Å². The number of nitrogens with zero attached hydrogens (tertiary/aromatic N) is 1. The van der Waals surface area contributed by atoms with E-state index in [9.17, 15) is 14.4 Å². The summed E-state index contributed by atoms with van der Waals surface area (Å²) in [6.07, 6.45) is 2.31. The fraction of sp³-hybridized carbons (Fsp3) is 0.500. The smallest absolute Gasteiger partial charge is 0.306 e. The van der Waals surface area contributed by atoms with Crippen molar-refractivity contribution in [2.24, 2.45) is 0 Å². The first-order valence-corrected chi connectivity index (χ1v) is 8.03. The normalized spacial score (nSPS) is 24.6. The van der Waals surface area contributed by atoms with Crippen LogP contribution in [-0.4, -0.2) is 42.6 Å². The minimum absolute atomic E-state index is 0.212. The lowest BCUT2D eigenvalue weighted by molar-refractivity contribution is -0.144. The topological polar surface area (TPSA) is 63.7 Å². The van der Waals surface area contributed by atoms with Crippen LogP contribution < -0.4 is 0 Å². The van der Waals surface area contributed by atoms with E-state index in [2.05, 4.69) is 17.0 Å². The van der Waals surface area contributed by atoms with E-state index in [0.29, 0.717) is 19.4 Å². The molecule has 1 heterocycles. The third-order valence-electron chi connectivity index (χ3n) is 5.12. The maximum Gasteiger partial charge on any atom is 0.306 e. The van der Waals surface area contributed by atoms with Gasteiger partial charge in [0.25, 0.3) is 0 Å². The van der Waals surface area contributed by atoms with E-state index in [1.165, 1.54) is 12.7 Å². The molecule has 5 heteroatoms. The lowest BCUT2D eigenvalue weighted by atomic mass is 9.70. The van der Waals surface area contributed by atoms with Crippen molar-refractivity contribution in [3.8, 4) is 0 Å². The van der Waals surface area contributed by atoms with Crippen LogP contribution in [0.4, 0.5) is 0 Å². The number of methoxy groups -OCH3 is 1. The van der Waals surface area contributed by atoms with E-state index >= 15 is 0 Å².